The number of aromatic hydroxyl groups is 5. The van der Waals surface area contributed by atoms with Crippen LogP contribution in [0.4, 0.5) is 0 Å². The summed E-state index contributed by atoms with van der Waals surface area (Å²) in [6, 6.07) is 9.68. The zero-order valence-electron chi connectivity index (χ0n) is 28.3. The molecule has 1 unspecified atom stereocenters. The molecule has 6 rings (SSSR count). The number of rotatable bonds is 10. The SMILES string of the molecule is O=C(/C=C/c1ccc(O)c(O)c1)OC[C@H]1O[C@@H](OC2=Cc3c(cc(O)cc3O[C@@H]3O[C@H](CO)[C@@H](O)[C@H](O)[C@H]3O)OC2c2ccc(O)c(O)c2)[C@H](O)[C@H](O)[C@@H]1O. The number of phenolic OH excluding ortho intramolecular Hbond substituents is 5. The molecule has 3 aliphatic heterocycles. The molecule has 0 bridgehead atoms. The van der Waals surface area contributed by atoms with Crippen LogP contribution in [0.5, 0.6) is 40.2 Å². The van der Waals surface area contributed by atoms with E-state index in [-0.39, 0.29) is 34.1 Å². The van der Waals surface area contributed by atoms with Gasteiger partial charge in [-0.05, 0) is 42.0 Å². The first-order chi connectivity index (χ1) is 26.1. The smallest absolute Gasteiger partial charge is 0.330 e. The van der Waals surface area contributed by atoms with Crippen molar-refractivity contribution in [3.8, 4) is 40.2 Å². The number of fused-ring (bicyclic) bond motifs is 1. The van der Waals surface area contributed by atoms with Gasteiger partial charge in [-0.1, -0.05) is 12.1 Å². The quantitative estimate of drug-likeness (QED) is 0.0664. The van der Waals surface area contributed by atoms with Gasteiger partial charge in [0.15, 0.2) is 29.1 Å². The number of carbonyl (C=O) groups excluding carboxylic acids is 1. The van der Waals surface area contributed by atoms with E-state index in [9.17, 15) is 66.1 Å². The molecule has 0 aliphatic carbocycles. The third-order valence-corrected chi connectivity index (χ3v) is 8.99. The number of benzene rings is 3. The Morgan fingerprint density at radius 3 is 1.96 bits per heavy atom. The number of carbonyl (C=O) groups is 1. The molecule has 3 aromatic carbocycles. The van der Waals surface area contributed by atoms with Crippen molar-refractivity contribution in [2.24, 2.45) is 0 Å². The average Bonchev–Trinajstić information content (AvgIpc) is 3.16. The first-order valence-corrected chi connectivity index (χ1v) is 16.6. The molecule has 3 heterocycles. The average molecular weight is 775 g/mol. The molecule has 19 heteroatoms. The third-order valence-electron chi connectivity index (χ3n) is 8.99. The minimum Gasteiger partial charge on any atom is -0.508 e. The van der Waals surface area contributed by atoms with E-state index >= 15 is 0 Å². The van der Waals surface area contributed by atoms with Crippen molar-refractivity contribution in [3.05, 3.63) is 77.1 Å². The minimum absolute atomic E-state index is 0.00843. The lowest BCUT2D eigenvalue weighted by atomic mass is 9.98. The number of aliphatic hydroxyl groups excluding tert-OH is 7. The largest absolute Gasteiger partial charge is 0.508 e. The lowest BCUT2D eigenvalue weighted by molar-refractivity contribution is -0.294. The van der Waals surface area contributed by atoms with Crippen LogP contribution in [0.15, 0.2) is 60.4 Å². The molecular weight excluding hydrogens is 736 g/mol. The third kappa shape index (κ3) is 8.34. The van der Waals surface area contributed by atoms with Crippen molar-refractivity contribution in [2.45, 2.75) is 67.5 Å². The molecule has 0 saturated carbocycles. The predicted molar refractivity (Wildman–Crippen MR) is 181 cm³/mol. The summed E-state index contributed by atoms with van der Waals surface area (Å²) in [5.74, 6) is -3.70. The first kappa shape index (κ1) is 39.3. The van der Waals surface area contributed by atoms with E-state index in [1.165, 1.54) is 42.5 Å². The topological polar surface area (TPSA) is 315 Å². The van der Waals surface area contributed by atoms with E-state index in [4.69, 9.17) is 28.4 Å². The van der Waals surface area contributed by atoms with Crippen molar-refractivity contribution in [3.63, 3.8) is 0 Å². The molecular formula is C36H38O19. The summed E-state index contributed by atoms with van der Waals surface area (Å²) >= 11 is 0. The van der Waals surface area contributed by atoms with Crippen LogP contribution in [0.1, 0.15) is 22.8 Å². The molecule has 11 atom stereocenters. The Morgan fingerprint density at radius 1 is 0.691 bits per heavy atom. The van der Waals surface area contributed by atoms with Crippen molar-refractivity contribution in [1.29, 1.82) is 0 Å². The molecule has 0 amide bonds. The lowest BCUT2D eigenvalue weighted by Crippen LogP contribution is -2.60. The zero-order valence-corrected chi connectivity index (χ0v) is 28.3. The minimum atomic E-state index is -1.93. The first-order valence-electron chi connectivity index (χ1n) is 16.6. The molecule has 0 radical (unpaired) electrons. The number of phenols is 5. The maximum absolute atomic E-state index is 12.5. The van der Waals surface area contributed by atoms with Gasteiger partial charge in [-0.2, -0.15) is 0 Å². The Bertz CT molecular complexity index is 1930. The van der Waals surface area contributed by atoms with Gasteiger partial charge in [0.05, 0.1) is 12.2 Å². The standard InChI is InChI=1S/C36H38O19/c37-12-25-28(44)30(46)32(48)35(54-25)52-23-10-16(38)9-22-17(23)11-24(34(51-22)15-3-5-19(40)21(42)8-15)53-36-33(49)31(47)29(45)26(55-36)13-50-27(43)6-2-14-1-4-18(39)20(41)7-14/h1-11,25-26,28-42,44-49H,12-13H2/b6-2+/t25-,26-,28-,29-,30+,31-,32-,33-,34?,35-,36-/m1/s1. The molecule has 296 valence electrons. The fourth-order valence-electron chi connectivity index (χ4n) is 5.96. The Hall–Kier alpha value is -5.35. The molecule has 2 saturated heterocycles. The Morgan fingerprint density at radius 2 is 1.31 bits per heavy atom. The second kappa shape index (κ2) is 16.2. The summed E-state index contributed by atoms with van der Waals surface area (Å²) in [7, 11) is 0. The van der Waals surface area contributed by atoms with Crippen molar-refractivity contribution >= 4 is 18.1 Å². The highest BCUT2D eigenvalue weighted by Crippen LogP contribution is 2.46. The van der Waals surface area contributed by atoms with Crippen LogP contribution in [0.25, 0.3) is 12.2 Å². The van der Waals surface area contributed by atoms with Gasteiger partial charge < -0.3 is 89.7 Å². The van der Waals surface area contributed by atoms with E-state index < -0.39 is 110 Å². The van der Waals surface area contributed by atoms with Gasteiger partial charge in [0.25, 0.3) is 0 Å². The second-order valence-electron chi connectivity index (χ2n) is 12.8. The van der Waals surface area contributed by atoms with Gasteiger partial charge in [0, 0.05) is 23.8 Å². The Balaban J connectivity index is 1.27. The van der Waals surface area contributed by atoms with Crippen LogP contribution in [0.2, 0.25) is 0 Å². The van der Waals surface area contributed by atoms with Gasteiger partial charge in [-0.3, -0.25) is 0 Å². The summed E-state index contributed by atoms with van der Waals surface area (Å²) in [6.07, 6.45) is -15.1. The summed E-state index contributed by atoms with van der Waals surface area (Å²) in [4.78, 5) is 12.5. The van der Waals surface area contributed by atoms with E-state index in [1.807, 2.05) is 0 Å². The van der Waals surface area contributed by atoms with E-state index in [0.29, 0.717) is 5.56 Å². The highest BCUT2D eigenvalue weighted by molar-refractivity contribution is 5.87. The number of hydrogen-bond donors (Lipinski definition) is 12. The monoisotopic (exact) mass is 774 g/mol. The number of hydrogen-bond acceptors (Lipinski definition) is 19. The van der Waals surface area contributed by atoms with Crippen LogP contribution in [-0.4, -0.2) is 142 Å². The second-order valence-corrected chi connectivity index (χ2v) is 12.8. The van der Waals surface area contributed by atoms with Crippen molar-refractivity contribution in [1.82, 2.24) is 0 Å². The number of ether oxygens (including phenoxy) is 6. The molecule has 2 fully saturated rings. The van der Waals surface area contributed by atoms with Crippen LogP contribution >= 0.6 is 0 Å². The van der Waals surface area contributed by atoms with Crippen LogP contribution in [0, 0.1) is 0 Å². The Labute approximate surface area is 310 Å². The molecule has 12 N–H and O–H groups in total. The summed E-state index contributed by atoms with van der Waals surface area (Å²) in [6.45, 7) is -1.41. The maximum atomic E-state index is 12.5. The van der Waals surface area contributed by atoms with Crippen molar-refractivity contribution < 1.29 is 94.5 Å². The predicted octanol–water partition coefficient (Wildman–Crippen LogP) is -1.05. The zero-order chi connectivity index (χ0) is 39.7. The van der Waals surface area contributed by atoms with Crippen molar-refractivity contribution in [2.75, 3.05) is 13.2 Å². The highest BCUT2D eigenvalue weighted by atomic mass is 16.7. The van der Waals surface area contributed by atoms with E-state index in [0.717, 1.165) is 24.3 Å². The molecule has 3 aromatic rings. The summed E-state index contributed by atoms with van der Waals surface area (Å²) in [5, 5.41) is 123. The lowest BCUT2D eigenvalue weighted by Gasteiger charge is -2.41. The molecule has 3 aliphatic rings. The van der Waals surface area contributed by atoms with Crippen LogP contribution in [-0.2, 0) is 23.7 Å². The van der Waals surface area contributed by atoms with E-state index in [2.05, 4.69) is 0 Å². The summed E-state index contributed by atoms with van der Waals surface area (Å²) < 4.78 is 34.3. The van der Waals surface area contributed by atoms with Gasteiger partial charge in [0.1, 0.15) is 78.4 Å². The van der Waals surface area contributed by atoms with E-state index in [1.54, 1.807) is 0 Å². The maximum Gasteiger partial charge on any atom is 0.330 e. The Kier molecular flexibility index (Phi) is 11.6. The summed E-state index contributed by atoms with van der Waals surface area (Å²) in [5.41, 5.74) is 0.498. The van der Waals surface area contributed by atoms with Gasteiger partial charge in [0.2, 0.25) is 12.6 Å². The fraction of sp³-hybridized carbons (Fsp3) is 0.361. The number of esters is 1. The normalized spacial score (nSPS) is 30.5. The van der Waals surface area contributed by atoms with Gasteiger partial charge in [-0.25, -0.2) is 4.79 Å². The molecule has 19 nitrogen and oxygen atoms in total. The molecule has 0 aromatic heterocycles. The molecule has 55 heavy (non-hydrogen) atoms. The molecule has 0 spiro atoms. The fourth-order valence-corrected chi connectivity index (χ4v) is 5.96. The highest BCUT2D eigenvalue weighted by Gasteiger charge is 2.48. The van der Waals surface area contributed by atoms with Gasteiger partial charge >= 0.3 is 5.97 Å². The van der Waals surface area contributed by atoms with Crippen LogP contribution in [0.3, 0.4) is 0 Å². The van der Waals surface area contributed by atoms with Crippen LogP contribution < -0.4 is 9.47 Å². The number of aliphatic hydroxyl groups is 7. The van der Waals surface area contributed by atoms with Gasteiger partial charge in [-0.15, -0.1) is 0 Å².